The molecule has 50 heavy (non-hydrogen) atoms. The van der Waals surface area contributed by atoms with E-state index in [0.29, 0.717) is 21.2 Å². The van der Waals surface area contributed by atoms with Gasteiger partial charge >= 0.3 is 17.7 Å². The number of carbonyl (C=O) groups excluding carboxylic acids is 2. The lowest BCUT2D eigenvalue weighted by Crippen LogP contribution is -2.51. The fourth-order valence-corrected chi connectivity index (χ4v) is 6.15. The highest BCUT2D eigenvalue weighted by Gasteiger charge is 2.58. The van der Waals surface area contributed by atoms with Gasteiger partial charge in [0.2, 0.25) is 0 Å². The minimum absolute atomic E-state index is 0.0343. The van der Waals surface area contributed by atoms with Crippen LogP contribution in [0.3, 0.4) is 0 Å². The van der Waals surface area contributed by atoms with E-state index in [-0.39, 0.29) is 25.2 Å². The molecule has 4 aromatic carbocycles. The van der Waals surface area contributed by atoms with E-state index in [4.69, 9.17) is 42.1 Å². The summed E-state index contributed by atoms with van der Waals surface area (Å²) in [6, 6.07) is 32.5. The maximum atomic E-state index is 14.0. The van der Waals surface area contributed by atoms with Crippen LogP contribution in [0.25, 0.3) is 0 Å². The predicted molar refractivity (Wildman–Crippen MR) is 195 cm³/mol. The Labute approximate surface area is 303 Å². The number of hydrogen-bond donors (Lipinski definition) is 2. The molecule has 4 aromatic rings. The van der Waals surface area contributed by atoms with Crippen LogP contribution in [0.15, 0.2) is 116 Å². The molecule has 0 aromatic heterocycles. The second kappa shape index (κ2) is 17.5. The zero-order valence-electron chi connectivity index (χ0n) is 28.3. The molecule has 2 N–H and O–H groups in total. The minimum Gasteiger partial charge on any atom is -0.450 e. The first-order chi connectivity index (χ1) is 24.1. The monoisotopic (exact) mass is 716 g/mol. The van der Waals surface area contributed by atoms with E-state index in [9.17, 15) is 9.59 Å². The summed E-state index contributed by atoms with van der Waals surface area (Å²) in [6.45, 7) is 6.61. The molecule has 1 aliphatic heterocycles. The van der Waals surface area contributed by atoms with Crippen LogP contribution in [-0.4, -0.2) is 42.9 Å². The van der Waals surface area contributed by atoms with Crippen LogP contribution in [0, 0.1) is 6.92 Å². The molecule has 1 heterocycles. The van der Waals surface area contributed by atoms with Gasteiger partial charge in [-0.25, -0.2) is 9.59 Å². The lowest BCUT2D eigenvalue weighted by atomic mass is 10.0. The van der Waals surface area contributed by atoms with Crippen molar-refractivity contribution in [3.05, 3.63) is 154 Å². The highest BCUT2D eigenvalue weighted by Crippen LogP contribution is 2.31. The van der Waals surface area contributed by atoms with Crippen LogP contribution in [0.4, 0.5) is 0 Å². The smallest absolute Gasteiger partial charge is 0.450 e. The third kappa shape index (κ3) is 10.1. The Morgan fingerprint density at radius 3 is 1.64 bits per heavy atom. The highest BCUT2D eigenvalue weighted by atomic mass is 35.5. The lowest BCUT2D eigenvalue weighted by molar-refractivity contribution is -0.223. The molecule has 4 atom stereocenters. The average molecular weight is 718 g/mol. The molecule has 5 rings (SSSR count). The number of esters is 2. The first-order valence-electron chi connectivity index (χ1n) is 16.6. The Hall–Kier alpha value is -4.34. The number of aryl methyl sites for hydroxylation is 1. The number of nitrogens with one attached hydrogen (secondary N) is 2. The lowest BCUT2D eigenvalue weighted by Gasteiger charge is -2.29. The molecule has 0 fully saturated rings. The van der Waals surface area contributed by atoms with E-state index in [1.807, 2.05) is 31.2 Å². The van der Waals surface area contributed by atoms with E-state index in [1.54, 1.807) is 48.5 Å². The number of carbonyl (C=O) groups is 2. The SMILES string of the molecule is Cc1cccc(C[C@@H](C)NCC(OC(=O)C2(C(=O)OC(CN[C@H](C)Cc3ccccc3)c3cccc(Cl)c3)OC=CO2)c2cccc(Cl)c2)c1. The quantitative estimate of drug-likeness (QED) is 0.0896. The standard InChI is InChI=1S/C40H42Cl2N2O6/c1-27-10-7-13-31(20-27)22-29(3)44-26-37(33-15-9-17-35(42)24-33)50-39(46)40(47-18-19-48-40)38(45)49-36(32-14-8-16-34(41)23-32)25-43-28(2)21-30-11-5-4-6-12-30/h4-20,23-24,28-29,36-37,43-44H,21-22,25-26H2,1-3H3/t28-,29-,36?,37?/m1/s1. The van der Waals surface area contributed by atoms with Gasteiger partial charge in [-0.05, 0) is 80.1 Å². The van der Waals surface area contributed by atoms with E-state index in [2.05, 4.69) is 54.8 Å². The highest BCUT2D eigenvalue weighted by molar-refractivity contribution is 6.30. The Bertz CT molecular complexity index is 1760. The summed E-state index contributed by atoms with van der Waals surface area (Å²) < 4.78 is 23.1. The van der Waals surface area contributed by atoms with Crippen LogP contribution in [0.5, 0.6) is 0 Å². The van der Waals surface area contributed by atoms with Crippen molar-refractivity contribution in [1.29, 1.82) is 0 Å². The fourth-order valence-electron chi connectivity index (χ4n) is 5.75. The molecule has 262 valence electrons. The van der Waals surface area contributed by atoms with Gasteiger partial charge in [-0.2, -0.15) is 0 Å². The molecule has 0 bridgehead atoms. The molecular weight excluding hydrogens is 675 g/mol. The summed E-state index contributed by atoms with van der Waals surface area (Å²) in [6.07, 6.45) is 2.06. The van der Waals surface area contributed by atoms with Gasteiger partial charge in [0.1, 0.15) is 24.7 Å². The first-order valence-corrected chi connectivity index (χ1v) is 17.4. The number of benzene rings is 4. The number of ether oxygens (including phenoxy) is 4. The molecule has 0 aliphatic carbocycles. The molecule has 1 aliphatic rings. The molecular formula is C40H42Cl2N2O6. The summed E-state index contributed by atoms with van der Waals surface area (Å²) in [7, 11) is 0. The third-order valence-corrected chi connectivity index (χ3v) is 8.78. The molecule has 0 radical (unpaired) electrons. The second-order valence-corrected chi connectivity index (χ2v) is 13.4. The van der Waals surface area contributed by atoms with E-state index in [1.165, 1.54) is 11.1 Å². The third-order valence-electron chi connectivity index (χ3n) is 8.31. The zero-order chi connectivity index (χ0) is 35.5. The van der Waals surface area contributed by atoms with E-state index >= 15 is 0 Å². The van der Waals surface area contributed by atoms with E-state index < -0.39 is 29.9 Å². The largest absolute Gasteiger partial charge is 0.452 e. The van der Waals surface area contributed by atoms with Crippen LogP contribution >= 0.6 is 23.2 Å². The molecule has 10 heteroatoms. The van der Waals surface area contributed by atoms with Gasteiger partial charge in [0.05, 0.1) is 0 Å². The molecule has 2 unspecified atom stereocenters. The van der Waals surface area contributed by atoms with Gasteiger partial charge in [-0.1, -0.05) is 108 Å². The van der Waals surface area contributed by atoms with Gasteiger partial charge in [0.25, 0.3) is 0 Å². The van der Waals surface area contributed by atoms with Gasteiger partial charge in [-0.3, -0.25) is 0 Å². The van der Waals surface area contributed by atoms with Crippen molar-refractivity contribution < 1.29 is 28.5 Å². The Morgan fingerprint density at radius 1 is 0.660 bits per heavy atom. The zero-order valence-corrected chi connectivity index (χ0v) is 29.8. The van der Waals surface area contributed by atoms with Crippen LogP contribution in [-0.2, 0) is 41.4 Å². The van der Waals surface area contributed by atoms with Crippen LogP contribution in [0.1, 0.15) is 53.9 Å². The maximum Gasteiger partial charge on any atom is 0.452 e. The van der Waals surface area contributed by atoms with Gasteiger partial charge < -0.3 is 29.6 Å². The van der Waals surface area contributed by atoms with Gasteiger partial charge in [-0.15, -0.1) is 0 Å². The van der Waals surface area contributed by atoms with Crippen molar-refractivity contribution in [1.82, 2.24) is 10.6 Å². The number of halogens is 2. The molecule has 0 saturated carbocycles. The Kier molecular flexibility index (Phi) is 13.0. The summed E-state index contributed by atoms with van der Waals surface area (Å²) in [5, 5.41) is 7.84. The topological polar surface area (TPSA) is 95.1 Å². The van der Waals surface area contributed by atoms with Crippen LogP contribution < -0.4 is 10.6 Å². The molecule has 0 saturated heterocycles. The second-order valence-electron chi connectivity index (χ2n) is 12.5. The van der Waals surface area contributed by atoms with E-state index in [0.717, 1.165) is 30.9 Å². The summed E-state index contributed by atoms with van der Waals surface area (Å²) in [4.78, 5) is 28.0. The summed E-state index contributed by atoms with van der Waals surface area (Å²) in [5.74, 6) is -4.65. The Morgan fingerprint density at radius 2 is 1.14 bits per heavy atom. The van der Waals surface area contributed by atoms with Crippen molar-refractivity contribution in [3.8, 4) is 0 Å². The maximum absolute atomic E-state index is 14.0. The van der Waals surface area contributed by atoms with Crippen LogP contribution in [0.2, 0.25) is 10.0 Å². The van der Waals surface area contributed by atoms with Gasteiger partial charge in [0, 0.05) is 35.2 Å². The average Bonchev–Trinajstić information content (AvgIpc) is 3.60. The number of hydrogen-bond acceptors (Lipinski definition) is 8. The Balaban J connectivity index is 1.31. The van der Waals surface area contributed by atoms with Crippen molar-refractivity contribution in [2.45, 2.75) is 63.7 Å². The molecule has 0 spiro atoms. The van der Waals surface area contributed by atoms with Crippen molar-refractivity contribution in [2.24, 2.45) is 0 Å². The molecule has 8 nitrogen and oxygen atoms in total. The predicted octanol–water partition coefficient (Wildman–Crippen LogP) is 7.83. The normalized spacial score (nSPS) is 15.6. The van der Waals surface area contributed by atoms with Crippen molar-refractivity contribution in [3.63, 3.8) is 0 Å². The fraction of sp³-hybridized carbons (Fsp3) is 0.300. The summed E-state index contributed by atoms with van der Waals surface area (Å²) >= 11 is 12.7. The molecule has 0 amide bonds. The van der Waals surface area contributed by atoms with Crippen molar-refractivity contribution in [2.75, 3.05) is 13.1 Å². The summed E-state index contributed by atoms with van der Waals surface area (Å²) in [5.41, 5.74) is 4.78. The first kappa shape index (κ1) is 36.9. The van der Waals surface area contributed by atoms with Gasteiger partial charge in [0.15, 0.2) is 0 Å². The van der Waals surface area contributed by atoms with Crippen molar-refractivity contribution >= 4 is 35.1 Å². The number of rotatable bonds is 16. The minimum atomic E-state index is -2.52.